The maximum absolute atomic E-state index is 13.6. The molecule has 0 saturated carbocycles. The van der Waals surface area contributed by atoms with Crippen molar-refractivity contribution in [3.63, 3.8) is 0 Å². The van der Waals surface area contributed by atoms with Gasteiger partial charge in [0, 0.05) is 16.6 Å². The molecule has 2 N–H and O–H groups in total. The van der Waals surface area contributed by atoms with Crippen LogP contribution in [-0.2, 0) is 6.61 Å². The number of hydrogen-bond donors (Lipinski definition) is 1. The van der Waals surface area contributed by atoms with Crippen LogP contribution in [0, 0.1) is 5.82 Å². The van der Waals surface area contributed by atoms with Crippen LogP contribution >= 0.6 is 23.2 Å². The van der Waals surface area contributed by atoms with Gasteiger partial charge in [0.1, 0.15) is 18.2 Å². The average Bonchev–Trinajstić information content (AvgIpc) is 2.40. The number of benzene rings is 2. The van der Waals surface area contributed by atoms with Crippen LogP contribution in [0.25, 0.3) is 0 Å². The van der Waals surface area contributed by atoms with Crippen molar-refractivity contribution in [2.24, 2.45) is 5.73 Å². The second-order valence-electron chi connectivity index (χ2n) is 4.50. The van der Waals surface area contributed by atoms with Crippen molar-refractivity contribution in [2.75, 3.05) is 0 Å². The van der Waals surface area contributed by atoms with E-state index >= 15 is 0 Å². The normalized spacial score (nSPS) is 12.2. The van der Waals surface area contributed by atoms with Crippen LogP contribution < -0.4 is 10.5 Å². The molecule has 0 aromatic heterocycles. The number of rotatable bonds is 4. The van der Waals surface area contributed by atoms with Crippen LogP contribution in [0.5, 0.6) is 5.75 Å². The Morgan fingerprint density at radius 2 is 1.95 bits per heavy atom. The van der Waals surface area contributed by atoms with Gasteiger partial charge < -0.3 is 10.5 Å². The Morgan fingerprint density at radius 1 is 1.20 bits per heavy atom. The lowest BCUT2D eigenvalue weighted by Gasteiger charge is -2.12. The lowest BCUT2D eigenvalue weighted by atomic mass is 10.1. The van der Waals surface area contributed by atoms with E-state index in [0.29, 0.717) is 21.4 Å². The molecule has 0 saturated heterocycles. The zero-order chi connectivity index (χ0) is 14.7. The quantitative estimate of drug-likeness (QED) is 0.885. The van der Waals surface area contributed by atoms with Crippen LogP contribution in [0.15, 0.2) is 36.4 Å². The molecule has 0 radical (unpaired) electrons. The smallest absolute Gasteiger partial charge is 0.138 e. The molecule has 0 heterocycles. The maximum Gasteiger partial charge on any atom is 0.138 e. The van der Waals surface area contributed by atoms with E-state index in [2.05, 4.69) is 0 Å². The summed E-state index contributed by atoms with van der Waals surface area (Å²) in [6, 6.07) is 9.53. The molecule has 0 spiro atoms. The molecule has 0 aliphatic rings. The Labute approximate surface area is 127 Å². The van der Waals surface area contributed by atoms with Gasteiger partial charge in [0.25, 0.3) is 0 Å². The molecule has 2 aromatic rings. The van der Waals surface area contributed by atoms with Crippen LogP contribution in [0.1, 0.15) is 24.1 Å². The Balaban J connectivity index is 2.13. The highest BCUT2D eigenvalue weighted by molar-refractivity contribution is 6.32. The minimum atomic E-state index is -0.363. The first kappa shape index (κ1) is 15.1. The first-order valence-corrected chi connectivity index (χ1v) is 6.84. The topological polar surface area (TPSA) is 35.2 Å². The summed E-state index contributed by atoms with van der Waals surface area (Å²) in [6.45, 7) is 1.93. The van der Waals surface area contributed by atoms with Crippen LogP contribution in [-0.4, -0.2) is 0 Å². The predicted octanol–water partition coefficient (Wildman–Crippen LogP) is 4.73. The van der Waals surface area contributed by atoms with Crippen molar-refractivity contribution in [3.05, 3.63) is 63.4 Å². The summed E-state index contributed by atoms with van der Waals surface area (Å²) in [4.78, 5) is 0. The van der Waals surface area contributed by atoms with Crippen molar-refractivity contribution in [2.45, 2.75) is 19.6 Å². The van der Waals surface area contributed by atoms with E-state index in [0.717, 1.165) is 5.56 Å². The molecule has 2 nitrogen and oxygen atoms in total. The zero-order valence-corrected chi connectivity index (χ0v) is 12.4. The highest BCUT2D eigenvalue weighted by atomic mass is 35.5. The zero-order valence-electron chi connectivity index (χ0n) is 10.9. The summed E-state index contributed by atoms with van der Waals surface area (Å²) < 4.78 is 19.1. The molecule has 106 valence electrons. The molecule has 5 heteroatoms. The van der Waals surface area contributed by atoms with Crippen LogP contribution in [0.2, 0.25) is 10.0 Å². The van der Waals surface area contributed by atoms with E-state index in [1.807, 2.05) is 13.0 Å². The Morgan fingerprint density at radius 3 is 2.60 bits per heavy atom. The van der Waals surface area contributed by atoms with Gasteiger partial charge in [-0.25, -0.2) is 4.39 Å². The molecule has 0 fully saturated rings. The third-order valence-electron chi connectivity index (χ3n) is 2.87. The lowest BCUT2D eigenvalue weighted by molar-refractivity contribution is 0.300. The first-order chi connectivity index (χ1) is 9.47. The van der Waals surface area contributed by atoms with Crippen molar-refractivity contribution >= 4 is 23.2 Å². The number of hydrogen-bond acceptors (Lipinski definition) is 2. The Bertz CT molecular complexity index is 617. The fourth-order valence-corrected chi connectivity index (χ4v) is 2.17. The van der Waals surface area contributed by atoms with Crippen molar-refractivity contribution in [1.29, 1.82) is 0 Å². The summed E-state index contributed by atoms with van der Waals surface area (Å²) in [5, 5.41) is 0.908. The summed E-state index contributed by atoms with van der Waals surface area (Å²) in [7, 11) is 0. The maximum atomic E-state index is 13.6. The Hall–Kier alpha value is -1.29. The monoisotopic (exact) mass is 313 g/mol. The fourth-order valence-electron chi connectivity index (χ4n) is 1.73. The van der Waals surface area contributed by atoms with E-state index in [1.165, 1.54) is 18.2 Å². The van der Waals surface area contributed by atoms with E-state index < -0.39 is 0 Å². The highest BCUT2D eigenvalue weighted by Crippen LogP contribution is 2.28. The van der Waals surface area contributed by atoms with Gasteiger partial charge in [-0.3, -0.25) is 0 Å². The van der Waals surface area contributed by atoms with Crippen molar-refractivity contribution < 1.29 is 9.13 Å². The number of ether oxygens (including phenoxy) is 1. The molecule has 0 aliphatic carbocycles. The van der Waals surface area contributed by atoms with Crippen molar-refractivity contribution in [3.8, 4) is 5.75 Å². The minimum Gasteiger partial charge on any atom is -0.487 e. The molecule has 2 rings (SSSR count). The van der Waals surface area contributed by atoms with Gasteiger partial charge in [-0.05, 0) is 42.8 Å². The summed E-state index contributed by atoms with van der Waals surface area (Å²) in [5.74, 6) is 0.119. The molecule has 2 aromatic carbocycles. The molecule has 0 aliphatic heterocycles. The molecular weight excluding hydrogens is 300 g/mol. The number of nitrogens with two attached hydrogens (primary N) is 1. The average molecular weight is 314 g/mol. The van der Waals surface area contributed by atoms with Crippen LogP contribution in [0.4, 0.5) is 4.39 Å². The van der Waals surface area contributed by atoms with Crippen molar-refractivity contribution in [1.82, 2.24) is 0 Å². The van der Waals surface area contributed by atoms with Crippen LogP contribution in [0.3, 0.4) is 0 Å². The van der Waals surface area contributed by atoms with Gasteiger partial charge in [-0.1, -0.05) is 29.3 Å². The van der Waals surface area contributed by atoms with E-state index in [-0.39, 0.29) is 18.5 Å². The van der Waals surface area contributed by atoms with E-state index in [1.54, 1.807) is 12.1 Å². The van der Waals surface area contributed by atoms with Gasteiger partial charge in [-0.15, -0.1) is 0 Å². The molecule has 0 amide bonds. The predicted molar refractivity (Wildman–Crippen MR) is 79.8 cm³/mol. The molecule has 1 unspecified atom stereocenters. The third kappa shape index (κ3) is 3.63. The molecule has 20 heavy (non-hydrogen) atoms. The minimum absolute atomic E-state index is 0.0592. The second kappa shape index (κ2) is 6.44. The summed E-state index contributed by atoms with van der Waals surface area (Å²) in [6.07, 6.45) is 0. The second-order valence-corrected chi connectivity index (χ2v) is 5.35. The first-order valence-electron chi connectivity index (χ1n) is 6.09. The summed E-state index contributed by atoms with van der Waals surface area (Å²) in [5.41, 5.74) is 7.06. The standard InChI is InChI=1S/C15H14Cl2FNO/c1-9(19)10-2-5-15(13(17)7-10)20-8-11-6-12(16)3-4-14(11)18/h2-7,9H,8,19H2,1H3. The van der Waals surface area contributed by atoms with Gasteiger partial charge in [0.05, 0.1) is 5.02 Å². The molecule has 1 atom stereocenters. The lowest BCUT2D eigenvalue weighted by Crippen LogP contribution is -2.05. The summed E-state index contributed by atoms with van der Waals surface area (Å²) >= 11 is 11.9. The Kier molecular flexibility index (Phi) is 4.86. The largest absolute Gasteiger partial charge is 0.487 e. The number of halogens is 3. The highest BCUT2D eigenvalue weighted by Gasteiger charge is 2.08. The molecule has 0 bridgehead atoms. The van der Waals surface area contributed by atoms with Gasteiger partial charge in [0.2, 0.25) is 0 Å². The van der Waals surface area contributed by atoms with Gasteiger partial charge in [0.15, 0.2) is 0 Å². The SMILES string of the molecule is CC(N)c1ccc(OCc2cc(Cl)ccc2F)c(Cl)c1. The van der Waals surface area contributed by atoms with Gasteiger partial charge >= 0.3 is 0 Å². The van der Waals surface area contributed by atoms with Gasteiger partial charge in [-0.2, -0.15) is 0 Å². The van der Waals surface area contributed by atoms with E-state index in [4.69, 9.17) is 33.7 Å². The fraction of sp³-hybridized carbons (Fsp3) is 0.200. The van der Waals surface area contributed by atoms with E-state index in [9.17, 15) is 4.39 Å². The molecular formula is C15H14Cl2FNO. The third-order valence-corrected chi connectivity index (χ3v) is 3.40.